The Morgan fingerprint density at radius 1 is 0.467 bits per heavy atom. The van der Waals surface area contributed by atoms with E-state index in [2.05, 4.69) is 160 Å². The second kappa shape index (κ2) is 9.39. The molecule has 0 bridgehead atoms. The Kier molecular flexibility index (Phi) is 5.16. The molecule has 10 rings (SSSR count). The lowest BCUT2D eigenvalue weighted by atomic mass is 9.99. The van der Waals surface area contributed by atoms with Crippen LogP contribution in [0.1, 0.15) is 0 Å². The molecule has 4 heteroatoms. The minimum atomic E-state index is 0.938. The molecule has 7 aromatic carbocycles. The minimum absolute atomic E-state index is 0.938. The van der Waals surface area contributed by atoms with Crippen LogP contribution in [0.5, 0.6) is 0 Å². The number of thiophene rings is 1. The fourth-order valence-electron chi connectivity index (χ4n) is 7.27. The SMILES string of the molecule is c1ccc(-n2c(-c3ccc(-n4c5ccc6ccccc6c5c5c6ccsc6c6ccccc6c54)cc3)nc3ccccc32)cc1. The quantitative estimate of drug-likeness (QED) is 0.200. The summed E-state index contributed by atoms with van der Waals surface area (Å²) in [6.45, 7) is 0. The standard InChI is InChI=1S/C41H25N3S/c1-2-11-28(12-3-1)44-35-17-9-8-16-34(35)42-41(44)27-18-21-29(22-19-27)43-36-23-20-26-10-4-5-13-30(26)37(36)38-33-24-25-45-40(33)32-15-7-6-14-31(32)39(38)43/h1-25H. The van der Waals surface area contributed by atoms with E-state index in [9.17, 15) is 0 Å². The van der Waals surface area contributed by atoms with E-state index in [4.69, 9.17) is 4.98 Å². The van der Waals surface area contributed by atoms with Crippen molar-refractivity contribution in [3.63, 3.8) is 0 Å². The van der Waals surface area contributed by atoms with Crippen molar-refractivity contribution in [1.82, 2.24) is 14.1 Å². The molecule has 0 spiro atoms. The molecule has 0 unspecified atom stereocenters. The lowest BCUT2D eigenvalue weighted by molar-refractivity contribution is 1.10. The molecule has 0 amide bonds. The van der Waals surface area contributed by atoms with Crippen LogP contribution in [-0.4, -0.2) is 14.1 Å². The van der Waals surface area contributed by atoms with Crippen molar-refractivity contribution in [2.24, 2.45) is 0 Å². The minimum Gasteiger partial charge on any atom is -0.309 e. The summed E-state index contributed by atoms with van der Waals surface area (Å²) in [5.74, 6) is 0.938. The monoisotopic (exact) mass is 591 g/mol. The zero-order chi connectivity index (χ0) is 29.5. The van der Waals surface area contributed by atoms with Gasteiger partial charge in [-0.2, -0.15) is 0 Å². The van der Waals surface area contributed by atoms with Gasteiger partial charge < -0.3 is 4.57 Å². The van der Waals surface area contributed by atoms with Gasteiger partial charge in [-0.3, -0.25) is 4.57 Å². The first-order chi connectivity index (χ1) is 22.3. The van der Waals surface area contributed by atoms with Crippen LogP contribution < -0.4 is 0 Å². The highest BCUT2D eigenvalue weighted by Gasteiger charge is 2.21. The van der Waals surface area contributed by atoms with E-state index >= 15 is 0 Å². The van der Waals surface area contributed by atoms with Crippen LogP contribution in [-0.2, 0) is 0 Å². The van der Waals surface area contributed by atoms with Crippen molar-refractivity contribution in [2.45, 2.75) is 0 Å². The van der Waals surface area contributed by atoms with Crippen molar-refractivity contribution in [3.8, 4) is 22.8 Å². The van der Waals surface area contributed by atoms with Gasteiger partial charge in [-0.1, -0.05) is 84.9 Å². The van der Waals surface area contributed by atoms with Gasteiger partial charge in [0.15, 0.2) is 0 Å². The molecule has 0 aliphatic carbocycles. The highest BCUT2D eigenvalue weighted by atomic mass is 32.1. The molecule has 45 heavy (non-hydrogen) atoms. The van der Waals surface area contributed by atoms with E-state index in [-0.39, 0.29) is 0 Å². The lowest BCUT2D eigenvalue weighted by Crippen LogP contribution is -1.98. The highest BCUT2D eigenvalue weighted by molar-refractivity contribution is 7.18. The predicted octanol–water partition coefficient (Wildman–Crippen LogP) is 11.3. The van der Waals surface area contributed by atoms with Gasteiger partial charge >= 0.3 is 0 Å². The molecule has 0 atom stereocenters. The van der Waals surface area contributed by atoms with Crippen LogP contribution in [0.3, 0.4) is 0 Å². The Bertz CT molecular complexity index is 2750. The van der Waals surface area contributed by atoms with E-state index < -0.39 is 0 Å². The molecule has 0 fully saturated rings. The summed E-state index contributed by atoms with van der Waals surface area (Å²) in [6, 6.07) is 52.3. The van der Waals surface area contributed by atoms with Gasteiger partial charge in [0.2, 0.25) is 0 Å². The fraction of sp³-hybridized carbons (Fsp3) is 0. The van der Waals surface area contributed by atoms with Gasteiger partial charge in [0.25, 0.3) is 0 Å². The van der Waals surface area contributed by atoms with Gasteiger partial charge in [-0.05, 0) is 76.8 Å². The summed E-state index contributed by atoms with van der Waals surface area (Å²) in [4.78, 5) is 5.11. The molecule has 10 aromatic rings. The zero-order valence-electron chi connectivity index (χ0n) is 24.2. The average molecular weight is 592 g/mol. The van der Waals surface area contributed by atoms with Crippen molar-refractivity contribution in [2.75, 3.05) is 0 Å². The maximum atomic E-state index is 5.11. The summed E-state index contributed by atoms with van der Waals surface area (Å²) in [7, 11) is 0. The van der Waals surface area contributed by atoms with E-state index in [1.165, 1.54) is 53.4 Å². The van der Waals surface area contributed by atoms with Crippen molar-refractivity contribution in [3.05, 3.63) is 151 Å². The van der Waals surface area contributed by atoms with Gasteiger partial charge in [0.05, 0.1) is 22.1 Å². The number of hydrogen-bond acceptors (Lipinski definition) is 2. The summed E-state index contributed by atoms with van der Waals surface area (Å²) < 4.78 is 6.08. The summed E-state index contributed by atoms with van der Waals surface area (Å²) >= 11 is 1.83. The highest BCUT2D eigenvalue weighted by Crippen LogP contribution is 2.46. The Balaban J connectivity index is 1.28. The Labute approximate surface area is 262 Å². The van der Waals surface area contributed by atoms with E-state index in [0.29, 0.717) is 0 Å². The third-order valence-electron chi connectivity index (χ3n) is 9.18. The van der Waals surface area contributed by atoms with Gasteiger partial charge in [0.1, 0.15) is 5.82 Å². The van der Waals surface area contributed by atoms with E-state index in [0.717, 1.165) is 33.8 Å². The normalized spacial score (nSPS) is 12.0. The van der Waals surface area contributed by atoms with Crippen molar-refractivity contribution in [1.29, 1.82) is 0 Å². The molecule has 3 nitrogen and oxygen atoms in total. The number of rotatable bonds is 3. The van der Waals surface area contributed by atoms with E-state index in [1.807, 2.05) is 11.3 Å². The maximum Gasteiger partial charge on any atom is 0.145 e. The summed E-state index contributed by atoms with van der Waals surface area (Å²) in [5, 5.41) is 11.3. The first-order valence-electron chi connectivity index (χ1n) is 15.2. The number of fused-ring (bicyclic) bond motifs is 11. The smallest absolute Gasteiger partial charge is 0.145 e. The Morgan fingerprint density at radius 3 is 2.04 bits per heavy atom. The number of nitrogens with zero attached hydrogens (tertiary/aromatic N) is 3. The first kappa shape index (κ1) is 24.7. The molecule has 0 radical (unpaired) electrons. The largest absolute Gasteiger partial charge is 0.309 e. The van der Waals surface area contributed by atoms with Crippen molar-refractivity contribution >= 4 is 75.8 Å². The number of imidazole rings is 1. The molecular weight excluding hydrogens is 567 g/mol. The first-order valence-corrected chi connectivity index (χ1v) is 16.1. The van der Waals surface area contributed by atoms with Crippen LogP contribution in [0.4, 0.5) is 0 Å². The third kappa shape index (κ3) is 3.48. The number of benzene rings is 7. The molecule has 0 aliphatic heterocycles. The molecule has 3 aromatic heterocycles. The molecule has 0 saturated heterocycles. The summed E-state index contributed by atoms with van der Waals surface area (Å²) in [6.07, 6.45) is 0. The van der Waals surface area contributed by atoms with Gasteiger partial charge in [-0.15, -0.1) is 11.3 Å². The second-order valence-corrected chi connectivity index (χ2v) is 12.5. The lowest BCUT2D eigenvalue weighted by Gasteiger charge is -2.13. The molecule has 0 saturated carbocycles. The molecule has 210 valence electrons. The van der Waals surface area contributed by atoms with Gasteiger partial charge in [0, 0.05) is 48.6 Å². The van der Waals surface area contributed by atoms with Crippen LogP contribution in [0.25, 0.3) is 87.2 Å². The second-order valence-electron chi connectivity index (χ2n) is 11.6. The van der Waals surface area contributed by atoms with Crippen LogP contribution in [0.2, 0.25) is 0 Å². The van der Waals surface area contributed by atoms with Crippen LogP contribution in [0.15, 0.2) is 151 Å². The van der Waals surface area contributed by atoms with E-state index in [1.54, 1.807) is 0 Å². The predicted molar refractivity (Wildman–Crippen MR) is 191 cm³/mol. The average Bonchev–Trinajstić information content (AvgIpc) is 3.83. The molecule has 3 heterocycles. The van der Waals surface area contributed by atoms with Crippen molar-refractivity contribution < 1.29 is 0 Å². The third-order valence-corrected chi connectivity index (χ3v) is 10.1. The molecule has 0 aliphatic rings. The Morgan fingerprint density at radius 2 is 1.18 bits per heavy atom. The summed E-state index contributed by atoms with van der Waals surface area (Å²) in [5.41, 5.74) is 7.88. The Hall–Kier alpha value is -5.71. The molecular formula is C41H25N3S. The number of hydrogen-bond donors (Lipinski definition) is 0. The number of aromatic nitrogens is 3. The van der Waals surface area contributed by atoms with Gasteiger partial charge in [-0.25, -0.2) is 4.98 Å². The molecule has 0 N–H and O–H groups in total. The maximum absolute atomic E-state index is 5.11. The van der Waals surface area contributed by atoms with Crippen LogP contribution >= 0.6 is 11.3 Å². The zero-order valence-corrected chi connectivity index (χ0v) is 25.0. The number of para-hydroxylation sites is 3. The topological polar surface area (TPSA) is 22.8 Å². The van der Waals surface area contributed by atoms with Crippen LogP contribution in [0, 0.1) is 0 Å². The fourth-order valence-corrected chi connectivity index (χ4v) is 8.21.